The average molecular weight is 254 g/mol. The van der Waals surface area contributed by atoms with Gasteiger partial charge in [0, 0.05) is 18.9 Å². The highest BCUT2D eigenvalue weighted by Crippen LogP contribution is 2.23. The maximum Gasteiger partial charge on any atom is 0.247 e. The lowest BCUT2D eigenvalue weighted by Crippen LogP contribution is -2.38. The molecule has 1 unspecified atom stereocenters. The van der Waals surface area contributed by atoms with Crippen LogP contribution >= 0.6 is 0 Å². The van der Waals surface area contributed by atoms with Crippen molar-refractivity contribution in [1.29, 1.82) is 0 Å². The van der Waals surface area contributed by atoms with Crippen LogP contribution in [0.4, 0.5) is 5.82 Å². The van der Waals surface area contributed by atoms with E-state index in [0.29, 0.717) is 5.82 Å². The molecular formula is C14H14N4O. The Morgan fingerprint density at radius 3 is 3.05 bits per heavy atom. The van der Waals surface area contributed by atoms with Gasteiger partial charge in [0.15, 0.2) is 5.82 Å². The first-order chi connectivity index (χ1) is 9.34. The average Bonchev–Trinajstić information content (AvgIpc) is 2.47. The van der Waals surface area contributed by atoms with Crippen LogP contribution in [0, 0.1) is 0 Å². The minimum absolute atomic E-state index is 0.104. The Morgan fingerprint density at radius 1 is 1.32 bits per heavy atom. The molecule has 19 heavy (non-hydrogen) atoms. The van der Waals surface area contributed by atoms with Crippen LogP contribution < -0.4 is 10.6 Å². The normalized spacial score (nSPS) is 17.6. The van der Waals surface area contributed by atoms with E-state index in [9.17, 15) is 4.79 Å². The van der Waals surface area contributed by atoms with Crippen molar-refractivity contribution in [3.8, 4) is 0 Å². The molecule has 0 saturated heterocycles. The maximum atomic E-state index is 12.3. The number of anilines is 1. The molecule has 5 nitrogen and oxygen atoms in total. The monoisotopic (exact) mass is 254 g/mol. The molecule has 1 aliphatic rings. The highest BCUT2D eigenvalue weighted by Gasteiger charge is 2.25. The fourth-order valence-corrected chi connectivity index (χ4v) is 2.30. The third-order valence-electron chi connectivity index (χ3n) is 3.19. The van der Waals surface area contributed by atoms with Crippen LogP contribution in [0.2, 0.25) is 0 Å². The highest BCUT2D eigenvalue weighted by atomic mass is 16.2. The summed E-state index contributed by atoms with van der Waals surface area (Å²) in [6.45, 7) is 0.801. The number of carbonyl (C=O) groups excluding carboxylic acids is 1. The van der Waals surface area contributed by atoms with Gasteiger partial charge in [0.05, 0.1) is 6.20 Å². The number of rotatable bonds is 2. The lowest BCUT2D eigenvalue weighted by Gasteiger charge is -2.25. The molecule has 2 N–H and O–H groups in total. The first kappa shape index (κ1) is 11.8. The van der Waals surface area contributed by atoms with Crippen molar-refractivity contribution in [3.05, 3.63) is 54.0 Å². The van der Waals surface area contributed by atoms with Crippen molar-refractivity contribution >= 4 is 11.7 Å². The first-order valence-corrected chi connectivity index (χ1v) is 6.22. The number of hydrogen-bond acceptors (Lipinski definition) is 4. The molecule has 1 amide bonds. The third-order valence-corrected chi connectivity index (χ3v) is 3.19. The van der Waals surface area contributed by atoms with Crippen LogP contribution in [0.25, 0.3) is 0 Å². The Morgan fingerprint density at radius 2 is 2.21 bits per heavy atom. The van der Waals surface area contributed by atoms with Gasteiger partial charge in [-0.05, 0) is 17.5 Å². The van der Waals surface area contributed by atoms with Crippen LogP contribution in [0.15, 0.2) is 42.9 Å². The smallest absolute Gasteiger partial charge is 0.247 e. The van der Waals surface area contributed by atoms with E-state index in [1.807, 2.05) is 18.2 Å². The molecule has 0 bridgehead atoms. The highest BCUT2D eigenvalue weighted by molar-refractivity contribution is 5.95. The summed E-state index contributed by atoms with van der Waals surface area (Å²) >= 11 is 0. The SMILES string of the molecule is O=C(Nc1cnccn1)C1NCCc2ccccc21. The van der Waals surface area contributed by atoms with Gasteiger partial charge in [-0.15, -0.1) is 0 Å². The molecule has 2 heterocycles. The van der Waals surface area contributed by atoms with Crippen LogP contribution in [-0.4, -0.2) is 22.4 Å². The van der Waals surface area contributed by atoms with E-state index in [4.69, 9.17) is 0 Å². The van der Waals surface area contributed by atoms with E-state index >= 15 is 0 Å². The minimum Gasteiger partial charge on any atom is -0.308 e. The van der Waals surface area contributed by atoms with Gasteiger partial charge in [-0.25, -0.2) is 4.98 Å². The van der Waals surface area contributed by atoms with Crippen molar-refractivity contribution in [1.82, 2.24) is 15.3 Å². The molecule has 1 aromatic heterocycles. The molecule has 3 rings (SSSR count). The van der Waals surface area contributed by atoms with E-state index < -0.39 is 0 Å². The van der Waals surface area contributed by atoms with Crippen LogP contribution in [-0.2, 0) is 11.2 Å². The van der Waals surface area contributed by atoms with E-state index in [0.717, 1.165) is 18.5 Å². The van der Waals surface area contributed by atoms with Crippen LogP contribution in [0.3, 0.4) is 0 Å². The summed E-state index contributed by atoms with van der Waals surface area (Å²) in [5, 5.41) is 6.01. The second-order valence-electron chi connectivity index (χ2n) is 4.42. The molecule has 1 aliphatic heterocycles. The van der Waals surface area contributed by atoms with E-state index in [1.54, 1.807) is 12.4 Å². The first-order valence-electron chi connectivity index (χ1n) is 6.22. The Labute approximate surface area is 111 Å². The second-order valence-corrected chi connectivity index (χ2v) is 4.42. The number of hydrogen-bond donors (Lipinski definition) is 2. The number of carbonyl (C=O) groups is 1. The number of nitrogens with zero attached hydrogens (tertiary/aromatic N) is 2. The zero-order valence-electron chi connectivity index (χ0n) is 10.3. The number of fused-ring (bicyclic) bond motifs is 1. The topological polar surface area (TPSA) is 66.9 Å². The molecule has 0 radical (unpaired) electrons. The Kier molecular flexibility index (Phi) is 3.20. The summed E-state index contributed by atoms with van der Waals surface area (Å²) < 4.78 is 0. The molecule has 1 atom stereocenters. The molecule has 1 aromatic carbocycles. The van der Waals surface area contributed by atoms with E-state index in [1.165, 1.54) is 11.8 Å². The zero-order chi connectivity index (χ0) is 13.1. The lowest BCUT2D eigenvalue weighted by atomic mass is 9.94. The molecule has 5 heteroatoms. The van der Waals surface area contributed by atoms with Gasteiger partial charge >= 0.3 is 0 Å². The van der Waals surface area contributed by atoms with Crippen LogP contribution in [0.5, 0.6) is 0 Å². The predicted molar refractivity (Wildman–Crippen MR) is 71.6 cm³/mol. The summed E-state index contributed by atoms with van der Waals surface area (Å²) in [6.07, 6.45) is 5.61. The van der Waals surface area contributed by atoms with Gasteiger partial charge in [-0.2, -0.15) is 0 Å². The molecule has 0 aliphatic carbocycles. The molecule has 0 fully saturated rings. The fourth-order valence-electron chi connectivity index (χ4n) is 2.30. The lowest BCUT2D eigenvalue weighted by molar-refractivity contribution is -0.118. The summed E-state index contributed by atoms with van der Waals surface area (Å²) in [5.74, 6) is 0.366. The summed E-state index contributed by atoms with van der Waals surface area (Å²) in [5.41, 5.74) is 2.26. The molecule has 0 spiro atoms. The van der Waals surface area contributed by atoms with Gasteiger partial charge in [0.2, 0.25) is 5.91 Å². The summed E-state index contributed by atoms with van der Waals surface area (Å²) in [6, 6.07) is 7.68. The Balaban J connectivity index is 1.82. The third kappa shape index (κ3) is 2.46. The fraction of sp³-hybridized carbons (Fsp3) is 0.214. The minimum atomic E-state index is -0.327. The largest absolute Gasteiger partial charge is 0.308 e. The number of benzene rings is 1. The van der Waals surface area contributed by atoms with Crippen molar-refractivity contribution in [3.63, 3.8) is 0 Å². The van der Waals surface area contributed by atoms with Crippen molar-refractivity contribution < 1.29 is 4.79 Å². The van der Waals surface area contributed by atoms with Crippen molar-refractivity contribution in [2.45, 2.75) is 12.5 Å². The van der Waals surface area contributed by atoms with E-state index in [2.05, 4.69) is 26.7 Å². The second kappa shape index (κ2) is 5.16. The quantitative estimate of drug-likeness (QED) is 0.847. The number of amides is 1. The number of nitrogens with one attached hydrogen (secondary N) is 2. The standard InChI is InChI=1S/C14H14N4O/c19-14(18-12-9-15-7-8-16-12)13-11-4-2-1-3-10(11)5-6-17-13/h1-4,7-9,13,17H,5-6H2,(H,16,18,19). The van der Waals surface area contributed by atoms with Gasteiger partial charge in [0.1, 0.15) is 6.04 Å². The van der Waals surface area contributed by atoms with Gasteiger partial charge in [-0.3, -0.25) is 9.78 Å². The van der Waals surface area contributed by atoms with Gasteiger partial charge in [-0.1, -0.05) is 24.3 Å². The maximum absolute atomic E-state index is 12.3. The summed E-state index contributed by atoms with van der Waals surface area (Å²) in [4.78, 5) is 20.3. The Hall–Kier alpha value is -2.27. The molecular weight excluding hydrogens is 240 g/mol. The molecule has 0 saturated carbocycles. The predicted octanol–water partition coefficient (Wildman–Crippen LogP) is 1.30. The van der Waals surface area contributed by atoms with E-state index in [-0.39, 0.29) is 11.9 Å². The zero-order valence-corrected chi connectivity index (χ0v) is 10.3. The van der Waals surface area contributed by atoms with Crippen molar-refractivity contribution in [2.75, 3.05) is 11.9 Å². The van der Waals surface area contributed by atoms with Crippen LogP contribution in [0.1, 0.15) is 17.2 Å². The van der Waals surface area contributed by atoms with Crippen molar-refractivity contribution in [2.24, 2.45) is 0 Å². The van der Waals surface area contributed by atoms with Gasteiger partial charge in [0.25, 0.3) is 0 Å². The molecule has 2 aromatic rings. The molecule has 96 valence electrons. The van der Waals surface area contributed by atoms with Gasteiger partial charge < -0.3 is 10.6 Å². The Bertz CT molecular complexity index is 585. The summed E-state index contributed by atoms with van der Waals surface area (Å²) in [7, 11) is 0. The number of aromatic nitrogens is 2.